The van der Waals surface area contributed by atoms with Crippen LogP contribution < -0.4 is 5.73 Å². The molecule has 1 saturated heterocycles. The Bertz CT molecular complexity index is 157. The van der Waals surface area contributed by atoms with Crippen LogP contribution in [0.2, 0.25) is 0 Å². The van der Waals surface area contributed by atoms with E-state index in [4.69, 9.17) is 5.73 Å². The van der Waals surface area contributed by atoms with Gasteiger partial charge in [-0.25, -0.2) is 4.39 Å². The fourth-order valence-corrected chi connectivity index (χ4v) is 1.86. The summed E-state index contributed by atoms with van der Waals surface area (Å²) < 4.78 is 13.6. The Morgan fingerprint density at radius 3 is 2.58 bits per heavy atom. The highest BCUT2D eigenvalue weighted by Gasteiger charge is 2.35. The predicted octanol–water partition coefficient (Wildman–Crippen LogP) is 1.16. The summed E-state index contributed by atoms with van der Waals surface area (Å²) in [5, 5.41) is 0. The molecule has 0 bridgehead atoms. The SMILES string of the molecule is CC(C)N1C[C@H](N)CC(C)(F)C1. The minimum atomic E-state index is -1.10. The number of likely N-dealkylation sites (tertiary alicyclic amines) is 1. The molecule has 1 aliphatic heterocycles. The summed E-state index contributed by atoms with van der Waals surface area (Å²) in [5.41, 5.74) is 4.66. The molecule has 1 unspecified atom stereocenters. The predicted molar refractivity (Wildman–Crippen MR) is 48.8 cm³/mol. The van der Waals surface area contributed by atoms with Crippen molar-refractivity contribution in [2.24, 2.45) is 5.73 Å². The van der Waals surface area contributed by atoms with Gasteiger partial charge in [-0.3, -0.25) is 4.90 Å². The van der Waals surface area contributed by atoms with Crippen molar-refractivity contribution in [2.45, 2.75) is 44.9 Å². The zero-order valence-electron chi connectivity index (χ0n) is 8.18. The summed E-state index contributed by atoms with van der Waals surface area (Å²) in [6.45, 7) is 7.15. The summed E-state index contributed by atoms with van der Waals surface area (Å²) in [7, 11) is 0. The quantitative estimate of drug-likeness (QED) is 0.646. The monoisotopic (exact) mass is 174 g/mol. The zero-order chi connectivity index (χ0) is 9.35. The van der Waals surface area contributed by atoms with Crippen LogP contribution in [0.25, 0.3) is 0 Å². The normalized spacial score (nSPS) is 39.0. The van der Waals surface area contributed by atoms with Crippen LogP contribution in [0.4, 0.5) is 4.39 Å². The number of nitrogens with zero attached hydrogens (tertiary/aromatic N) is 1. The van der Waals surface area contributed by atoms with Gasteiger partial charge in [-0.15, -0.1) is 0 Å². The first-order valence-electron chi connectivity index (χ1n) is 4.59. The molecule has 2 atom stereocenters. The lowest BCUT2D eigenvalue weighted by Crippen LogP contribution is -2.54. The standard InChI is InChI=1S/C9H19FN2/c1-7(2)12-5-8(11)4-9(3,10)6-12/h7-8H,4-6,11H2,1-3H3/t8-,9?/m1/s1. The van der Waals surface area contributed by atoms with E-state index in [1.54, 1.807) is 6.92 Å². The first-order chi connectivity index (χ1) is 5.41. The van der Waals surface area contributed by atoms with E-state index in [1.807, 2.05) is 0 Å². The fourth-order valence-electron chi connectivity index (χ4n) is 1.86. The molecule has 1 aliphatic rings. The van der Waals surface area contributed by atoms with E-state index < -0.39 is 5.67 Å². The number of nitrogens with two attached hydrogens (primary N) is 1. The van der Waals surface area contributed by atoms with Gasteiger partial charge in [-0.1, -0.05) is 0 Å². The average molecular weight is 174 g/mol. The Hall–Kier alpha value is -0.150. The van der Waals surface area contributed by atoms with Crippen LogP contribution >= 0.6 is 0 Å². The van der Waals surface area contributed by atoms with Crippen LogP contribution in [0.15, 0.2) is 0 Å². The van der Waals surface area contributed by atoms with E-state index in [1.165, 1.54) is 0 Å². The second-order valence-corrected chi connectivity index (χ2v) is 4.40. The van der Waals surface area contributed by atoms with Crippen molar-refractivity contribution in [2.75, 3.05) is 13.1 Å². The molecule has 0 aromatic carbocycles. The van der Waals surface area contributed by atoms with Crippen molar-refractivity contribution in [3.63, 3.8) is 0 Å². The van der Waals surface area contributed by atoms with Gasteiger partial charge in [0.15, 0.2) is 0 Å². The van der Waals surface area contributed by atoms with Crippen molar-refractivity contribution in [1.82, 2.24) is 4.90 Å². The van der Waals surface area contributed by atoms with Crippen LogP contribution in [0.5, 0.6) is 0 Å². The van der Waals surface area contributed by atoms with Gasteiger partial charge < -0.3 is 5.73 Å². The summed E-state index contributed by atoms with van der Waals surface area (Å²) in [6.07, 6.45) is 0.496. The molecule has 0 saturated carbocycles. The largest absolute Gasteiger partial charge is 0.326 e. The minimum absolute atomic E-state index is 0.00356. The maximum Gasteiger partial charge on any atom is 0.122 e. The highest BCUT2D eigenvalue weighted by molar-refractivity contribution is 4.90. The van der Waals surface area contributed by atoms with Gasteiger partial charge in [0.2, 0.25) is 0 Å². The minimum Gasteiger partial charge on any atom is -0.326 e. The second kappa shape index (κ2) is 3.30. The molecule has 0 aromatic rings. The van der Waals surface area contributed by atoms with E-state index in [0.29, 0.717) is 19.0 Å². The zero-order valence-corrected chi connectivity index (χ0v) is 8.18. The van der Waals surface area contributed by atoms with E-state index in [0.717, 1.165) is 6.54 Å². The molecular formula is C9H19FN2. The Balaban J connectivity index is 2.58. The van der Waals surface area contributed by atoms with E-state index >= 15 is 0 Å². The molecule has 0 radical (unpaired) electrons. The van der Waals surface area contributed by atoms with E-state index in [9.17, 15) is 4.39 Å². The summed E-state index contributed by atoms with van der Waals surface area (Å²) in [5.74, 6) is 0. The Morgan fingerprint density at radius 2 is 2.17 bits per heavy atom. The molecule has 0 aliphatic carbocycles. The molecule has 72 valence electrons. The molecule has 2 N–H and O–H groups in total. The third-order valence-corrected chi connectivity index (χ3v) is 2.42. The lowest BCUT2D eigenvalue weighted by Gasteiger charge is -2.40. The molecule has 3 heteroatoms. The van der Waals surface area contributed by atoms with Gasteiger partial charge in [0, 0.05) is 25.2 Å². The number of rotatable bonds is 1. The topological polar surface area (TPSA) is 29.3 Å². The molecule has 12 heavy (non-hydrogen) atoms. The summed E-state index contributed by atoms with van der Waals surface area (Å²) in [4.78, 5) is 2.11. The van der Waals surface area contributed by atoms with Crippen LogP contribution in [0.3, 0.4) is 0 Å². The van der Waals surface area contributed by atoms with Gasteiger partial charge in [0.25, 0.3) is 0 Å². The number of alkyl halides is 1. The van der Waals surface area contributed by atoms with E-state index in [2.05, 4.69) is 18.7 Å². The fraction of sp³-hybridized carbons (Fsp3) is 1.00. The van der Waals surface area contributed by atoms with Crippen molar-refractivity contribution >= 4 is 0 Å². The van der Waals surface area contributed by atoms with Gasteiger partial charge >= 0.3 is 0 Å². The van der Waals surface area contributed by atoms with Crippen LogP contribution in [0.1, 0.15) is 27.2 Å². The van der Waals surface area contributed by atoms with Crippen molar-refractivity contribution in [3.8, 4) is 0 Å². The molecule has 1 fully saturated rings. The van der Waals surface area contributed by atoms with Gasteiger partial charge in [-0.2, -0.15) is 0 Å². The number of hydrogen-bond acceptors (Lipinski definition) is 2. The van der Waals surface area contributed by atoms with Gasteiger partial charge in [0.05, 0.1) is 0 Å². The Kier molecular flexibility index (Phi) is 2.74. The molecule has 0 aromatic heterocycles. The first-order valence-corrected chi connectivity index (χ1v) is 4.59. The molecular weight excluding hydrogens is 155 g/mol. The molecule has 1 rings (SSSR count). The Labute approximate surface area is 73.9 Å². The smallest absolute Gasteiger partial charge is 0.122 e. The third-order valence-electron chi connectivity index (χ3n) is 2.42. The second-order valence-electron chi connectivity index (χ2n) is 4.40. The van der Waals surface area contributed by atoms with Crippen LogP contribution in [0, 0.1) is 0 Å². The van der Waals surface area contributed by atoms with Crippen molar-refractivity contribution in [3.05, 3.63) is 0 Å². The maximum absolute atomic E-state index is 13.6. The molecule has 2 nitrogen and oxygen atoms in total. The van der Waals surface area contributed by atoms with Crippen molar-refractivity contribution < 1.29 is 4.39 Å². The van der Waals surface area contributed by atoms with Crippen LogP contribution in [-0.4, -0.2) is 35.7 Å². The maximum atomic E-state index is 13.6. The summed E-state index contributed by atoms with van der Waals surface area (Å²) >= 11 is 0. The lowest BCUT2D eigenvalue weighted by molar-refractivity contribution is 0.0327. The first kappa shape index (κ1) is 9.93. The average Bonchev–Trinajstić information content (AvgIpc) is 1.82. The number of piperidine rings is 1. The van der Waals surface area contributed by atoms with Gasteiger partial charge in [-0.05, 0) is 27.2 Å². The van der Waals surface area contributed by atoms with Crippen molar-refractivity contribution in [1.29, 1.82) is 0 Å². The molecule has 1 heterocycles. The number of hydrogen-bond donors (Lipinski definition) is 1. The molecule has 0 spiro atoms. The van der Waals surface area contributed by atoms with Crippen LogP contribution in [-0.2, 0) is 0 Å². The van der Waals surface area contributed by atoms with Gasteiger partial charge in [0.1, 0.15) is 5.67 Å². The summed E-state index contributed by atoms with van der Waals surface area (Å²) in [6, 6.07) is 0.391. The highest BCUT2D eigenvalue weighted by atomic mass is 19.1. The Morgan fingerprint density at radius 1 is 1.58 bits per heavy atom. The van der Waals surface area contributed by atoms with E-state index in [-0.39, 0.29) is 6.04 Å². The number of halogens is 1. The highest BCUT2D eigenvalue weighted by Crippen LogP contribution is 2.24. The molecule has 0 amide bonds. The third kappa shape index (κ3) is 2.42. The lowest BCUT2D eigenvalue weighted by atomic mass is 9.93.